The zero-order chi connectivity index (χ0) is 12.3. The molecule has 0 bridgehead atoms. The van der Waals surface area contributed by atoms with Crippen LogP contribution >= 0.6 is 11.3 Å². The molecule has 0 amide bonds. The number of thiophene rings is 1. The average Bonchev–Trinajstić information content (AvgIpc) is 2.87. The van der Waals surface area contributed by atoms with Crippen molar-refractivity contribution < 1.29 is 19.4 Å². The van der Waals surface area contributed by atoms with Gasteiger partial charge in [0.25, 0.3) is 0 Å². The lowest BCUT2D eigenvalue weighted by Crippen LogP contribution is -2.21. The summed E-state index contributed by atoms with van der Waals surface area (Å²) >= 11 is 1.58. The van der Waals surface area contributed by atoms with E-state index in [0.29, 0.717) is 19.6 Å². The van der Waals surface area contributed by atoms with Crippen molar-refractivity contribution in [2.75, 3.05) is 13.2 Å². The minimum atomic E-state index is -0.920. The summed E-state index contributed by atoms with van der Waals surface area (Å²) in [5.74, 6) is -1.55. The van der Waals surface area contributed by atoms with Gasteiger partial charge in [0, 0.05) is 22.9 Å². The topological polar surface area (TPSA) is 55.8 Å². The Morgan fingerprint density at radius 3 is 2.94 bits per heavy atom. The molecule has 1 saturated heterocycles. The second-order valence-corrected chi connectivity index (χ2v) is 4.88. The monoisotopic (exact) mass is 254 g/mol. The van der Waals surface area contributed by atoms with Crippen molar-refractivity contribution in [3.8, 4) is 0 Å². The highest BCUT2D eigenvalue weighted by molar-refractivity contribution is 7.10. The molecule has 2 rings (SSSR count). The highest BCUT2D eigenvalue weighted by Gasteiger charge is 2.33. The van der Waals surface area contributed by atoms with E-state index < -0.39 is 11.8 Å². The van der Waals surface area contributed by atoms with Crippen molar-refractivity contribution >= 4 is 17.3 Å². The van der Waals surface area contributed by atoms with Crippen LogP contribution < -0.4 is 0 Å². The molecule has 0 atom stereocenters. The summed E-state index contributed by atoms with van der Waals surface area (Å²) < 4.78 is 11.1. The number of carboxylic acids is 1. The van der Waals surface area contributed by atoms with Gasteiger partial charge in [-0.1, -0.05) is 6.08 Å². The lowest BCUT2D eigenvalue weighted by molar-refractivity contribution is -0.149. The molecule has 0 aromatic carbocycles. The summed E-state index contributed by atoms with van der Waals surface area (Å²) in [7, 11) is 0. The van der Waals surface area contributed by atoms with Crippen LogP contribution in [0.15, 0.2) is 23.6 Å². The first-order chi connectivity index (χ1) is 8.10. The van der Waals surface area contributed by atoms with Gasteiger partial charge in [0.2, 0.25) is 0 Å². The smallest absolute Gasteiger partial charge is 0.327 e. The molecular formula is C12H14O4S. The number of ether oxygens (including phenoxy) is 2. The van der Waals surface area contributed by atoms with Gasteiger partial charge in [0.05, 0.1) is 13.2 Å². The van der Waals surface area contributed by atoms with Crippen molar-refractivity contribution in [3.63, 3.8) is 0 Å². The van der Waals surface area contributed by atoms with Crippen molar-refractivity contribution in [1.82, 2.24) is 0 Å². The van der Waals surface area contributed by atoms with E-state index in [-0.39, 0.29) is 0 Å². The molecule has 0 spiro atoms. The van der Waals surface area contributed by atoms with E-state index in [4.69, 9.17) is 14.6 Å². The molecule has 2 heterocycles. The second-order valence-electron chi connectivity index (χ2n) is 3.89. The van der Waals surface area contributed by atoms with E-state index in [1.165, 1.54) is 0 Å². The first-order valence-corrected chi connectivity index (χ1v) is 6.23. The zero-order valence-electron chi connectivity index (χ0n) is 9.51. The van der Waals surface area contributed by atoms with Gasteiger partial charge in [-0.05, 0) is 18.4 Å². The minimum Gasteiger partial charge on any atom is -0.478 e. The average molecular weight is 254 g/mol. The van der Waals surface area contributed by atoms with Crippen LogP contribution in [0.4, 0.5) is 0 Å². The highest BCUT2D eigenvalue weighted by atomic mass is 32.1. The Balaban J connectivity index is 2.03. The predicted molar refractivity (Wildman–Crippen MR) is 64.1 cm³/mol. The number of hydrogen-bond acceptors (Lipinski definition) is 4. The van der Waals surface area contributed by atoms with Crippen LogP contribution in [0.2, 0.25) is 0 Å². The van der Waals surface area contributed by atoms with Gasteiger partial charge in [0.15, 0.2) is 5.79 Å². The first-order valence-electron chi connectivity index (χ1n) is 5.35. The zero-order valence-corrected chi connectivity index (χ0v) is 10.3. The van der Waals surface area contributed by atoms with Crippen molar-refractivity contribution in [2.24, 2.45) is 0 Å². The summed E-state index contributed by atoms with van der Waals surface area (Å²) in [5.41, 5.74) is 0.999. The highest BCUT2D eigenvalue weighted by Crippen LogP contribution is 2.33. The third kappa shape index (κ3) is 2.94. The van der Waals surface area contributed by atoms with Gasteiger partial charge in [-0.15, -0.1) is 11.3 Å². The molecule has 1 aromatic heterocycles. The number of aliphatic carboxylic acids is 1. The molecular weight excluding hydrogens is 240 g/mol. The minimum absolute atomic E-state index is 0.612. The second kappa shape index (κ2) is 5.00. The maximum absolute atomic E-state index is 10.3. The summed E-state index contributed by atoms with van der Waals surface area (Å²) in [5, 5.41) is 10.5. The lowest BCUT2D eigenvalue weighted by atomic mass is 10.1. The van der Waals surface area contributed by atoms with E-state index in [1.807, 2.05) is 18.4 Å². The van der Waals surface area contributed by atoms with Crippen molar-refractivity contribution in [3.05, 3.63) is 34.0 Å². The van der Waals surface area contributed by atoms with Crippen LogP contribution in [0.3, 0.4) is 0 Å². The SMILES string of the molecule is CC1(c2csc(C/C=C/C(=O)O)c2)OCCO1. The number of carbonyl (C=O) groups is 1. The van der Waals surface area contributed by atoms with Crippen LogP contribution in [0.1, 0.15) is 17.4 Å². The molecule has 0 radical (unpaired) electrons. The summed E-state index contributed by atoms with van der Waals surface area (Å²) in [6, 6.07) is 2.00. The molecule has 92 valence electrons. The number of hydrogen-bond donors (Lipinski definition) is 1. The Kier molecular flexibility index (Phi) is 3.61. The van der Waals surface area contributed by atoms with Crippen LogP contribution in [0.5, 0.6) is 0 Å². The van der Waals surface area contributed by atoms with Crippen LogP contribution in [0, 0.1) is 0 Å². The largest absolute Gasteiger partial charge is 0.478 e. The summed E-state index contributed by atoms with van der Waals surface area (Å²) in [4.78, 5) is 11.4. The van der Waals surface area contributed by atoms with Gasteiger partial charge < -0.3 is 14.6 Å². The number of allylic oxidation sites excluding steroid dienone is 1. The van der Waals surface area contributed by atoms with Crippen molar-refractivity contribution in [1.29, 1.82) is 0 Å². The Morgan fingerprint density at radius 1 is 1.59 bits per heavy atom. The Morgan fingerprint density at radius 2 is 2.29 bits per heavy atom. The van der Waals surface area contributed by atoms with Crippen LogP contribution in [-0.2, 0) is 26.5 Å². The van der Waals surface area contributed by atoms with E-state index in [2.05, 4.69) is 0 Å². The molecule has 5 heteroatoms. The standard InChI is InChI=1S/C12H14O4S/c1-12(15-5-6-16-12)9-7-10(17-8-9)3-2-4-11(13)14/h2,4,7-8H,3,5-6H2,1H3,(H,13,14)/b4-2+. The molecule has 4 nitrogen and oxygen atoms in total. The fraction of sp³-hybridized carbons (Fsp3) is 0.417. The van der Waals surface area contributed by atoms with E-state index in [0.717, 1.165) is 16.5 Å². The maximum Gasteiger partial charge on any atom is 0.327 e. The first kappa shape index (κ1) is 12.3. The molecule has 0 saturated carbocycles. The maximum atomic E-state index is 10.3. The van der Waals surface area contributed by atoms with Gasteiger partial charge in [-0.2, -0.15) is 0 Å². The predicted octanol–water partition coefficient (Wildman–Crippen LogP) is 2.15. The van der Waals surface area contributed by atoms with Gasteiger partial charge in [0.1, 0.15) is 0 Å². The van der Waals surface area contributed by atoms with E-state index in [9.17, 15) is 4.79 Å². The van der Waals surface area contributed by atoms with E-state index >= 15 is 0 Å². The summed E-state index contributed by atoms with van der Waals surface area (Å²) in [6.45, 7) is 3.13. The van der Waals surface area contributed by atoms with Gasteiger partial charge >= 0.3 is 5.97 Å². The molecule has 0 aliphatic carbocycles. The number of rotatable bonds is 4. The third-order valence-corrected chi connectivity index (χ3v) is 3.55. The fourth-order valence-corrected chi connectivity index (χ4v) is 2.63. The molecule has 1 aliphatic heterocycles. The third-order valence-electron chi connectivity index (χ3n) is 2.60. The lowest BCUT2D eigenvalue weighted by Gasteiger charge is -2.20. The molecule has 0 unspecified atom stereocenters. The molecule has 1 N–H and O–H groups in total. The number of carboxylic acid groups (broad SMARTS) is 1. The fourth-order valence-electron chi connectivity index (χ4n) is 1.68. The normalized spacial score (nSPS) is 18.9. The summed E-state index contributed by atoms with van der Waals surface area (Å²) in [6.07, 6.45) is 3.41. The van der Waals surface area contributed by atoms with Crippen LogP contribution in [0.25, 0.3) is 0 Å². The van der Waals surface area contributed by atoms with Gasteiger partial charge in [-0.25, -0.2) is 4.79 Å². The Labute approximate surface area is 103 Å². The molecule has 1 fully saturated rings. The Bertz CT molecular complexity index is 429. The Hall–Kier alpha value is -1.17. The van der Waals surface area contributed by atoms with Crippen LogP contribution in [-0.4, -0.2) is 24.3 Å². The van der Waals surface area contributed by atoms with E-state index in [1.54, 1.807) is 17.4 Å². The molecule has 1 aromatic rings. The quantitative estimate of drug-likeness (QED) is 0.836. The molecule has 1 aliphatic rings. The van der Waals surface area contributed by atoms with Crippen molar-refractivity contribution in [2.45, 2.75) is 19.1 Å². The van der Waals surface area contributed by atoms with Gasteiger partial charge in [-0.3, -0.25) is 0 Å². The molecule has 17 heavy (non-hydrogen) atoms.